The zero-order chi connectivity index (χ0) is 10.8. The van der Waals surface area contributed by atoms with E-state index < -0.39 is 0 Å². The molecule has 0 amide bonds. The van der Waals surface area contributed by atoms with Crippen LogP contribution in [-0.4, -0.2) is 19.7 Å². The zero-order valence-corrected chi connectivity index (χ0v) is 9.36. The number of ether oxygens (including phenoxy) is 1. The minimum absolute atomic E-state index is 0.565. The number of anilines is 1. The van der Waals surface area contributed by atoms with Crippen molar-refractivity contribution in [2.75, 3.05) is 18.6 Å². The van der Waals surface area contributed by atoms with Crippen LogP contribution in [0.5, 0.6) is 5.75 Å². The molecule has 0 saturated carbocycles. The van der Waals surface area contributed by atoms with E-state index in [9.17, 15) is 0 Å². The van der Waals surface area contributed by atoms with Crippen molar-refractivity contribution < 1.29 is 4.74 Å². The molecule has 1 atom stereocenters. The van der Waals surface area contributed by atoms with Crippen molar-refractivity contribution in [1.29, 1.82) is 0 Å². The van der Waals surface area contributed by atoms with Crippen LogP contribution in [-0.2, 0) is 6.54 Å². The molecule has 0 spiro atoms. The average Bonchev–Trinajstić information content (AvgIpc) is 2.27. The summed E-state index contributed by atoms with van der Waals surface area (Å²) < 4.78 is 5.40. The molecule has 2 N–H and O–H groups in total. The number of hydrogen-bond acceptors (Lipinski definition) is 3. The topological polar surface area (TPSA) is 38.5 Å². The second-order valence-electron chi connectivity index (χ2n) is 4.00. The quantitative estimate of drug-likeness (QED) is 0.819. The Morgan fingerprint density at radius 1 is 1.53 bits per heavy atom. The zero-order valence-electron chi connectivity index (χ0n) is 9.36. The van der Waals surface area contributed by atoms with Crippen LogP contribution in [0.2, 0.25) is 0 Å². The van der Waals surface area contributed by atoms with Gasteiger partial charge in [0, 0.05) is 19.1 Å². The minimum Gasteiger partial charge on any atom is -0.495 e. The summed E-state index contributed by atoms with van der Waals surface area (Å²) in [5.74, 6) is 0.935. The SMILES string of the molecule is COc1cccc(CN)c1N1CCC1C. The number of benzene rings is 1. The molecule has 1 aliphatic heterocycles. The number of methoxy groups -OCH3 is 1. The molecule has 1 aliphatic rings. The lowest BCUT2D eigenvalue weighted by atomic mass is 10.0. The molecule has 0 aromatic heterocycles. The van der Waals surface area contributed by atoms with Crippen molar-refractivity contribution in [3.63, 3.8) is 0 Å². The highest BCUT2D eigenvalue weighted by molar-refractivity contribution is 5.65. The first kappa shape index (κ1) is 10.3. The van der Waals surface area contributed by atoms with Crippen molar-refractivity contribution in [1.82, 2.24) is 0 Å². The lowest BCUT2D eigenvalue weighted by Crippen LogP contribution is -2.46. The van der Waals surface area contributed by atoms with Gasteiger partial charge in [-0.25, -0.2) is 0 Å². The number of hydrogen-bond donors (Lipinski definition) is 1. The van der Waals surface area contributed by atoms with E-state index in [4.69, 9.17) is 10.5 Å². The first-order chi connectivity index (χ1) is 7.27. The maximum absolute atomic E-state index is 5.75. The molecule has 0 bridgehead atoms. The van der Waals surface area contributed by atoms with Gasteiger partial charge in [0.25, 0.3) is 0 Å². The summed E-state index contributed by atoms with van der Waals surface area (Å²) in [4.78, 5) is 2.36. The van der Waals surface area contributed by atoms with E-state index in [1.807, 2.05) is 12.1 Å². The van der Waals surface area contributed by atoms with Gasteiger partial charge in [0.1, 0.15) is 5.75 Å². The van der Waals surface area contributed by atoms with Crippen molar-refractivity contribution in [2.45, 2.75) is 25.9 Å². The summed E-state index contributed by atoms with van der Waals surface area (Å²) in [7, 11) is 1.71. The number of rotatable bonds is 3. The Labute approximate surface area is 90.8 Å². The number of para-hydroxylation sites is 1. The Balaban J connectivity index is 2.41. The van der Waals surface area contributed by atoms with Crippen LogP contribution in [0.25, 0.3) is 0 Å². The Kier molecular flexibility index (Phi) is 2.82. The van der Waals surface area contributed by atoms with Crippen LogP contribution in [0.15, 0.2) is 18.2 Å². The molecule has 1 aromatic carbocycles. The monoisotopic (exact) mass is 206 g/mol. The van der Waals surface area contributed by atoms with Gasteiger partial charge < -0.3 is 15.4 Å². The molecule has 3 nitrogen and oxygen atoms in total. The van der Waals surface area contributed by atoms with Gasteiger partial charge in [-0.15, -0.1) is 0 Å². The van der Waals surface area contributed by atoms with Gasteiger partial charge in [0.15, 0.2) is 0 Å². The van der Waals surface area contributed by atoms with Crippen molar-refractivity contribution in [3.8, 4) is 5.75 Å². The molecule has 0 aliphatic carbocycles. The molecule has 1 heterocycles. The molecule has 0 radical (unpaired) electrons. The van der Waals surface area contributed by atoms with Crippen molar-refractivity contribution in [2.24, 2.45) is 5.73 Å². The third kappa shape index (κ3) is 1.67. The largest absolute Gasteiger partial charge is 0.495 e. The second-order valence-corrected chi connectivity index (χ2v) is 4.00. The molecule has 1 aromatic rings. The Hall–Kier alpha value is -1.22. The van der Waals surface area contributed by atoms with E-state index in [0.29, 0.717) is 12.6 Å². The molecule has 15 heavy (non-hydrogen) atoms. The molecular formula is C12H18N2O. The van der Waals surface area contributed by atoms with Crippen LogP contribution < -0.4 is 15.4 Å². The third-order valence-corrected chi connectivity index (χ3v) is 3.13. The summed E-state index contributed by atoms with van der Waals surface area (Å²) in [6, 6.07) is 6.67. The van der Waals surface area contributed by atoms with Gasteiger partial charge in [0.05, 0.1) is 12.8 Å². The average molecular weight is 206 g/mol. The third-order valence-electron chi connectivity index (χ3n) is 3.13. The van der Waals surface area contributed by atoms with E-state index >= 15 is 0 Å². The Morgan fingerprint density at radius 3 is 2.80 bits per heavy atom. The molecular weight excluding hydrogens is 188 g/mol. The molecule has 82 valence electrons. The number of nitrogens with zero attached hydrogens (tertiary/aromatic N) is 1. The summed E-state index contributed by atoms with van der Waals surface area (Å²) in [6.45, 7) is 3.90. The lowest BCUT2D eigenvalue weighted by molar-refractivity contribution is 0.403. The van der Waals surface area contributed by atoms with Crippen LogP contribution in [0.1, 0.15) is 18.9 Å². The highest BCUT2D eigenvalue weighted by Gasteiger charge is 2.27. The number of nitrogens with two attached hydrogens (primary N) is 1. The highest BCUT2D eigenvalue weighted by atomic mass is 16.5. The normalized spacial score (nSPS) is 19.9. The molecule has 1 saturated heterocycles. The van der Waals surface area contributed by atoms with Gasteiger partial charge in [-0.1, -0.05) is 12.1 Å². The van der Waals surface area contributed by atoms with E-state index in [1.165, 1.54) is 17.7 Å². The second kappa shape index (κ2) is 4.11. The Bertz CT molecular complexity index is 329. The standard InChI is InChI=1S/C12H18N2O/c1-9-6-7-14(9)12-10(8-13)4-3-5-11(12)15-2/h3-5,9H,6-8,13H2,1-2H3. The van der Waals surface area contributed by atoms with E-state index in [0.717, 1.165) is 12.3 Å². The van der Waals surface area contributed by atoms with Crippen molar-refractivity contribution in [3.05, 3.63) is 23.8 Å². The van der Waals surface area contributed by atoms with Crippen LogP contribution in [0, 0.1) is 0 Å². The van der Waals surface area contributed by atoms with Crippen LogP contribution in [0.3, 0.4) is 0 Å². The summed E-state index contributed by atoms with van der Waals surface area (Å²) in [5, 5.41) is 0. The smallest absolute Gasteiger partial charge is 0.142 e. The van der Waals surface area contributed by atoms with Crippen LogP contribution >= 0.6 is 0 Å². The lowest BCUT2D eigenvalue weighted by Gasteiger charge is -2.42. The predicted octanol–water partition coefficient (Wildman–Crippen LogP) is 1.75. The summed E-state index contributed by atoms with van der Waals surface area (Å²) in [5.41, 5.74) is 8.10. The van der Waals surface area contributed by atoms with Crippen LogP contribution in [0.4, 0.5) is 5.69 Å². The summed E-state index contributed by atoms with van der Waals surface area (Å²) >= 11 is 0. The minimum atomic E-state index is 0.565. The Morgan fingerprint density at radius 2 is 2.33 bits per heavy atom. The molecule has 3 heteroatoms. The maximum Gasteiger partial charge on any atom is 0.142 e. The van der Waals surface area contributed by atoms with Crippen molar-refractivity contribution >= 4 is 5.69 Å². The molecule has 1 unspecified atom stereocenters. The van der Waals surface area contributed by atoms with E-state index in [1.54, 1.807) is 7.11 Å². The first-order valence-corrected chi connectivity index (χ1v) is 5.40. The summed E-state index contributed by atoms with van der Waals surface area (Å²) in [6.07, 6.45) is 1.25. The first-order valence-electron chi connectivity index (χ1n) is 5.40. The van der Waals surface area contributed by atoms with Gasteiger partial charge >= 0.3 is 0 Å². The fourth-order valence-electron chi connectivity index (χ4n) is 2.07. The highest BCUT2D eigenvalue weighted by Crippen LogP contribution is 2.37. The fraction of sp³-hybridized carbons (Fsp3) is 0.500. The van der Waals surface area contributed by atoms with Gasteiger partial charge in [-0.05, 0) is 25.0 Å². The predicted molar refractivity (Wildman–Crippen MR) is 62.3 cm³/mol. The molecule has 1 fully saturated rings. The van der Waals surface area contributed by atoms with E-state index in [-0.39, 0.29) is 0 Å². The fourth-order valence-corrected chi connectivity index (χ4v) is 2.07. The van der Waals surface area contributed by atoms with E-state index in [2.05, 4.69) is 17.9 Å². The van der Waals surface area contributed by atoms with Gasteiger partial charge in [-0.3, -0.25) is 0 Å². The molecule has 2 rings (SSSR count). The van der Waals surface area contributed by atoms with Gasteiger partial charge in [-0.2, -0.15) is 0 Å². The van der Waals surface area contributed by atoms with Gasteiger partial charge in [0.2, 0.25) is 0 Å². The maximum atomic E-state index is 5.75.